The van der Waals surface area contributed by atoms with Crippen LogP contribution < -0.4 is 5.32 Å². The van der Waals surface area contributed by atoms with Crippen molar-refractivity contribution in [3.8, 4) is 0 Å². The number of carbonyl (C=O) groups is 1. The molecule has 1 saturated heterocycles. The largest absolute Gasteiger partial charge is 0.380 e. The van der Waals surface area contributed by atoms with Crippen molar-refractivity contribution >= 4 is 11.6 Å². The molecule has 114 valence electrons. The standard InChI is InChI=1S/C16H15F2N3O/c17-11-8-14(18)15(19-9-11)16(22)21-7-6-13(10-21)20-12-4-2-1-3-5-12/h1-5,8-9,13,20H,6-7,10H2/t13-/m1/s1. The van der Waals surface area contributed by atoms with Gasteiger partial charge in [-0.1, -0.05) is 18.2 Å². The van der Waals surface area contributed by atoms with Crippen LogP contribution in [-0.2, 0) is 0 Å². The average molecular weight is 303 g/mol. The van der Waals surface area contributed by atoms with Crippen LogP contribution in [0.1, 0.15) is 16.9 Å². The Kier molecular flexibility index (Phi) is 4.00. The first-order valence-electron chi connectivity index (χ1n) is 7.05. The van der Waals surface area contributed by atoms with Gasteiger partial charge in [0.25, 0.3) is 5.91 Å². The minimum absolute atomic E-state index is 0.106. The van der Waals surface area contributed by atoms with Gasteiger partial charge in [-0.3, -0.25) is 4.79 Å². The van der Waals surface area contributed by atoms with Gasteiger partial charge in [0, 0.05) is 30.9 Å². The molecule has 6 heteroatoms. The number of benzene rings is 1. The smallest absolute Gasteiger partial charge is 0.275 e. The van der Waals surface area contributed by atoms with Crippen molar-refractivity contribution in [3.63, 3.8) is 0 Å². The van der Waals surface area contributed by atoms with E-state index in [2.05, 4.69) is 10.3 Å². The molecule has 0 radical (unpaired) electrons. The van der Waals surface area contributed by atoms with E-state index in [1.54, 1.807) is 0 Å². The fraction of sp³-hybridized carbons (Fsp3) is 0.250. The zero-order valence-corrected chi connectivity index (χ0v) is 11.8. The van der Waals surface area contributed by atoms with Crippen molar-refractivity contribution in [1.29, 1.82) is 0 Å². The minimum Gasteiger partial charge on any atom is -0.380 e. The molecule has 0 bridgehead atoms. The number of likely N-dealkylation sites (tertiary alicyclic amines) is 1. The summed E-state index contributed by atoms with van der Waals surface area (Å²) in [5.41, 5.74) is 0.648. The molecule has 4 nitrogen and oxygen atoms in total. The number of anilines is 1. The molecule has 22 heavy (non-hydrogen) atoms. The van der Waals surface area contributed by atoms with Crippen LogP contribution in [0.25, 0.3) is 0 Å². The number of rotatable bonds is 3. The highest BCUT2D eigenvalue weighted by molar-refractivity contribution is 5.92. The molecule has 1 aromatic heterocycles. The molecule has 1 aliphatic rings. The Hall–Kier alpha value is -2.50. The topological polar surface area (TPSA) is 45.2 Å². The summed E-state index contributed by atoms with van der Waals surface area (Å²) in [4.78, 5) is 17.4. The van der Waals surface area contributed by atoms with Crippen LogP contribution in [-0.4, -0.2) is 34.9 Å². The Labute approximate surface area is 126 Å². The van der Waals surface area contributed by atoms with Gasteiger partial charge in [0.05, 0.1) is 6.20 Å². The zero-order chi connectivity index (χ0) is 15.5. The number of carbonyl (C=O) groups excluding carboxylic acids is 1. The molecule has 0 unspecified atom stereocenters. The summed E-state index contributed by atoms with van der Waals surface area (Å²) in [5.74, 6) is -2.22. The van der Waals surface area contributed by atoms with Gasteiger partial charge in [-0.05, 0) is 18.6 Å². The summed E-state index contributed by atoms with van der Waals surface area (Å²) in [6, 6.07) is 10.5. The maximum atomic E-state index is 13.6. The number of nitrogens with one attached hydrogen (secondary N) is 1. The Morgan fingerprint density at radius 2 is 2.05 bits per heavy atom. The van der Waals surface area contributed by atoms with Crippen molar-refractivity contribution in [1.82, 2.24) is 9.88 Å². The highest BCUT2D eigenvalue weighted by atomic mass is 19.1. The zero-order valence-electron chi connectivity index (χ0n) is 11.8. The fourth-order valence-electron chi connectivity index (χ4n) is 2.55. The lowest BCUT2D eigenvalue weighted by Crippen LogP contribution is -2.32. The molecule has 0 saturated carbocycles. The van der Waals surface area contributed by atoms with Crippen LogP contribution in [0.4, 0.5) is 14.5 Å². The first-order valence-corrected chi connectivity index (χ1v) is 7.05. The second-order valence-electron chi connectivity index (χ2n) is 5.23. The van der Waals surface area contributed by atoms with Gasteiger partial charge in [0.15, 0.2) is 11.5 Å². The predicted octanol–water partition coefficient (Wildman–Crippen LogP) is 2.69. The number of pyridine rings is 1. The molecule has 1 aromatic carbocycles. The molecule has 1 atom stereocenters. The second kappa shape index (κ2) is 6.09. The van der Waals surface area contributed by atoms with Crippen LogP contribution in [0, 0.1) is 11.6 Å². The van der Waals surface area contributed by atoms with Crippen LogP contribution in [0.3, 0.4) is 0 Å². The summed E-state index contributed by atoms with van der Waals surface area (Å²) in [6.07, 6.45) is 1.62. The monoisotopic (exact) mass is 303 g/mol. The summed E-state index contributed by atoms with van der Waals surface area (Å²) >= 11 is 0. The van der Waals surface area contributed by atoms with E-state index in [-0.39, 0.29) is 11.7 Å². The van der Waals surface area contributed by atoms with Crippen LogP contribution in [0.5, 0.6) is 0 Å². The number of hydrogen-bond donors (Lipinski definition) is 1. The normalized spacial score (nSPS) is 17.5. The summed E-state index contributed by atoms with van der Waals surface area (Å²) in [5, 5.41) is 3.33. The summed E-state index contributed by atoms with van der Waals surface area (Å²) in [7, 11) is 0. The molecule has 0 spiro atoms. The molecule has 1 amide bonds. The van der Waals surface area contributed by atoms with E-state index in [1.807, 2.05) is 30.3 Å². The lowest BCUT2D eigenvalue weighted by atomic mass is 10.2. The van der Waals surface area contributed by atoms with Crippen molar-refractivity contribution in [2.75, 3.05) is 18.4 Å². The van der Waals surface area contributed by atoms with Gasteiger partial charge in [0.1, 0.15) is 5.82 Å². The number of amides is 1. The molecule has 1 fully saturated rings. The van der Waals surface area contributed by atoms with Crippen LogP contribution in [0.15, 0.2) is 42.6 Å². The second-order valence-corrected chi connectivity index (χ2v) is 5.23. The van der Waals surface area contributed by atoms with E-state index in [1.165, 1.54) is 4.90 Å². The molecule has 0 aliphatic carbocycles. The maximum Gasteiger partial charge on any atom is 0.275 e. The predicted molar refractivity (Wildman–Crippen MR) is 78.5 cm³/mol. The Morgan fingerprint density at radius 3 is 2.77 bits per heavy atom. The van der Waals surface area contributed by atoms with E-state index < -0.39 is 17.5 Å². The number of nitrogens with zero attached hydrogens (tertiary/aromatic N) is 2. The lowest BCUT2D eigenvalue weighted by molar-refractivity contribution is 0.0780. The maximum absolute atomic E-state index is 13.6. The van der Waals surface area contributed by atoms with Gasteiger partial charge < -0.3 is 10.2 Å². The molecular formula is C16H15F2N3O. The highest BCUT2D eigenvalue weighted by Gasteiger charge is 2.29. The molecular weight excluding hydrogens is 288 g/mol. The first kappa shape index (κ1) is 14.4. The number of aromatic nitrogens is 1. The van der Waals surface area contributed by atoms with Gasteiger partial charge in [-0.25, -0.2) is 13.8 Å². The number of halogens is 2. The van der Waals surface area contributed by atoms with E-state index in [9.17, 15) is 13.6 Å². The quantitative estimate of drug-likeness (QED) is 0.948. The van der Waals surface area contributed by atoms with Crippen molar-refractivity contribution in [2.24, 2.45) is 0 Å². The summed E-state index contributed by atoms with van der Waals surface area (Å²) in [6.45, 7) is 0.980. The Morgan fingerprint density at radius 1 is 1.27 bits per heavy atom. The first-order chi connectivity index (χ1) is 10.6. The molecule has 2 heterocycles. The van der Waals surface area contributed by atoms with E-state index in [0.29, 0.717) is 19.2 Å². The third-order valence-corrected chi connectivity index (χ3v) is 3.63. The van der Waals surface area contributed by atoms with Crippen LogP contribution in [0.2, 0.25) is 0 Å². The van der Waals surface area contributed by atoms with E-state index in [0.717, 1.165) is 18.3 Å². The van der Waals surface area contributed by atoms with Gasteiger partial charge in [-0.15, -0.1) is 0 Å². The van der Waals surface area contributed by atoms with Gasteiger partial charge in [0.2, 0.25) is 0 Å². The van der Waals surface area contributed by atoms with Crippen molar-refractivity contribution in [2.45, 2.75) is 12.5 Å². The molecule has 1 N–H and O–H groups in total. The van der Waals surface area contributed by atoms with E-state index in [4.69, 9.17) is 0 Å². The lowest BCUT2D eigenvalue weighted by Gasteiger charge is -2.17. The Balaban J connectivity index is 1.66. The van der Waals surface area contributed by atoms with Crippen molar-refractivity contribution in [3.05, 3.63) is 59.9 Å². The van der Waals surface area contributed by atoms with Gasteiger partial charge in [-0.2, -0.15) is 0 Å². The van der Waals surface area contributed by atoms with Gasteiger partial charge >= 0.3 is 0 Å². The average Bonchev–Trinajstić information content (AvgIpc) is 2.96. The number of hydrogen-bond acceptors (Lipinski definition) is 3. The molecule has 3 rings (SSSR count). The number of para-hydroxylation sites is 1. The highest BCUT2D eigenvalue weighted by Crippen LogP contribution is 2.18. The third-order valence-electron chi connectivity index (χ3n) is 3.63. The molecule has 1 aliphatic heterocycles. The SMILES string of the molecule is O=C(c1ncc(F)cc1F)N1CC[C@@H](Nc2ccccc2)C1. The fourth-order valence-corrected chi connectivity index (χ4v) is 2.55. The third kappa shape index (κ3) is 3.05. The van der Waals surface area contributed by atoms with Crippen molar-refractivity contribution < 1.29 is 13.6 Å². The molecule has 2 aromatic rings. The summed E-state index contributed by atoms with van der Waals surface area (Å²) < 4.78 is 26.5. The minimum atomic E-state index is -0.926. The van der Waals surface area contributed by atoms with E-state index >= 15 is 0 Å². The van der Waals surface area contributed by atoms with Crippen LogP contribution >= 0.6 is 0 Å². The Bertz CT molecular complexity index is 678.